The van der Waals surface area contributed by atoms with Crippen LogP contribution in [0.5, 0.6) is 0 Å². The maximum atomic E-state index is 11.9. The first-order valence-electron chi connectivity index (χ1n) is 6.61. The molecule has 0 aliphatic rings. The summed E-state index contributed by atoms with van der Waals surface area (Å²) in [5.74, 6) is 0.0125. The van der Waals surface area contributed by atoms with Crippen LogP contribution in [0.4, 0.5) is 0 Å². The maximum absolute atomic E-state index is 11.9. The van der Waals surface area contributed by atoms with Gasteiger partial charge in [-0.1, -0.05) is 18.2 Å². The molecular formula is C15H16N4O. The van der Waals surface area contributed by atoms with E-state index >= 15 is 0 Å². The highest BCUT2D eigenvalue weighted by Gasteiger charge is 2.05. The van der Waals surface area contributed by atoms with Gasteiger partial charge in [0.15, 0.2) is 0 Å². The molecule has 0 radical (unpaired) electrons. The van der Waals surface area contributed by atoms with E-state index in [9.17, 15) is 4.79 Å². The highest BCUT2D eigenvalue weighted by atomic mass is 16.1. The molecule has 0 saturated heterocycles. The fourth-order valence-corrected chi connectivity index (χ4v) is 2.23. The molecule has 1 amide bonds. The minimum absolute atomic E-state index is 0.0125. The summed E-state index contributed by atoms with van der Waals surface area (Å²) in [6.07, 6.45) is 5.55. The zero-order chi connectivity index (χ0) is 13.8. The lowest BCUT2D eigenvalue weighted by Gasteiger charge is -2.07. The van der Waals surface area contributed by atoms with Crippen molar-refractivity contribution in [3.8, 4) is 0 Å². The number of benzene rings is 1. The Morgan fingerprint density at radius 3 is 2.90 bits per heavy atom. The Bertz CT molecular complexity index is 700. The van der Waals surface area contributed by atoms with Gasteiger partial charge < -0.3 is 9.88 Å². The van der Waals surface area contributed by atoms with Gasteiger partial charge in [-0.05, 0) is 23.6 Å². The second-order valence-electron chi connectivity index (χ2n) is 4.62. The molecule has 0 saturated carbocycles. The van der Waals surface area contributed by atoms with Crippen LogP contribution < -0.4 is 5.32 Å². The average molecular weight is 268 g/mol. The topological polar surface area (TPSA) is 51.9 Å². The van der Waals surface area contributed by atoms with E-state index in [2.05, 4.69) is 10.4 Å². The van der Waals surface area contributed by atoms with E-state index < -0.39 is 0 Å². The summed E-state index contributed by atoms with van der Waals surface area (Å²) in [6, 6.07) is 11.9. The number of hydrogen-bond donors (Lipinski definition) is 1. The summed E-state index contributed by atoms with van der Waals surface area (Å²) < 4.78 is 3.75. The molecule has 0 fully saturated rings. The molecule has 0 unspecified atom stereocenters. The third kappa shape index (κ3) is 2.71. The number of carbonyl (C=O) groups excluding carboxylic acids is 1. The van der Waals surface area contributed by atoms with Gasteiger partial charge in [-0.2, -0.15) is 5.10 Å². The molecule has 20 heavy (non-hydrogen) atoms. The highest BCUT2D eigenvalue weighted by molar-refractivity contribution is 5.83. The predicted octanol–water partition coefficient (Wildman–Crippen LogP) is 1.65. The van der Waals surface area contributed by atoms with Crippen molar-refractivity contribution in [3.05, 3.63) is 55.0 Å². The van der Waals surface area contributed by atoms with Crippen molar-refractivity contribution < 1.29 is 4.79 Å². The lowest BCUT2D eigenvalue weighted by atomic mass is 10.2. The van der Waals surface area contributed by atoms with E-state index in [1.165, 1.54) is 0 Å². The van der Waals surface area contributed by atoms with Crippen LogP contribution in [0.25, 0.3) is 10.9 Å². The molecule has 1 N–H and O–H groups in total. The second kappa shape index (κ2) is 5.61. The number of para-hydroxylation sites is 1. The molecule has 5 heteroatoms. The molecule has 3 rings (SSSR count). The minimum atomic E-state index is 0.0125. The number of nitrogens with zero attached hydrogens (tertiary/aromatic N) is 3. The molecule has 102 valence electrons. The van der Waals surface area contributed by atoms with Crippen LogP contribution in [-0.4, -0.2) is 26.8 Å². The average Bonchev–Trinajstić information content (AvgIpc) is 3.09. The summed E-state index contributed by atoms with van der Waals surface area (Å²) >= 11 is 0. The van der Waals surface area contributed by atoms with Gasteiger partial charge in [0.2, 0.25) is 5.91 Å². The Labute approximate surface area is 116 Å². The highest BCUT2D eigenvalue weighted by Crippen LogP contribution is 2.14. The number of hydrogen-bond acceptors (Lipinski definition) is 2. The standard InChI is InChI=1S/C15H16N4O/c20-15(16-8-11-19-9-3-7-17-19)12-18-10-6-13-4-1-2-5-14(13)18/h1-7,9-10H,8,11-12H2,(H,16,20). The molecule has 0 aliphatic heterocycles. The Morgan fingerprint density at radius 1 is 1.15 bits per heavy atom. The summed E-state index contributed by atoms with van der Waals surface area (Å²) in [5, 5.41) is 8.14. The van der Waals surface area contributed by atoms with E-state index in [1.807, 2.05) is 53.4 Å². The molecule has 0 aliphatic carbocycles. The molecular weight excluding hydrogens is 252 g/mol. The van der Waals surface area contributed by atoms with Crippen LogP contribution >= 0.6 is 0 Å². The van der Waals surface area contributed by atoms with Crippen molar-refractivity contribution in [1.82, 2.24) is 19.7 Å². The fraction of sp³-hybridized carbons (Fsp3) is 0.200. The lowest BCUT2D eigenvalue weighted by Crippen LogP contribution is -2.30. The Balaban J connectivity index is 1.56. The fourth-order valence-electron chi connectivity index (χ4n) is 2.23. The monoisotopic (exact) mass is 268 g/mol. The molecule has 0 spiro atoms. The Kier molecular flexibility index (Phi) is 3.50. The van der Waals surface area contributed by atoms with Crippen molar-refractivity contribution in [3.63, 3.8) is 0 Å². The van der Waals surface area contributed by atoms with Crippen molar-refractivity contribution in [1.29, 1.82) is 0 Å². The molecule has 2 aromatic heterocycles. The Hall–Kier alpha value is -2.56. The van der Waals surface area contributed by atoms with Gasteiger partial charge in [-0.3, -0.25) is 9.48 Å². The molecule has 0 atom stereocenters. The molecule has 3 aromatic rings. The first-order valence-corrected chi connectivity index (χ1v) is 6.61. The van der Waals surface area contributed by atoms with E-state index in [1.54, 1.807) is 10.9 Å². The van der Waals surface area contributed by atoms with Gasteiger partial charge >= 0.3 is 0 Å². The number of fused-ring (bicyclic) bond motifs is 1. The van der Waals surface area contributed by atoms with E-state index in [4.69, 9.17) is 0 Å². The van der Waals surface area contributed by atoms with Crippen LogP contribution in [-0.2, 0) is 17.9 Å². The summed E-state index contributed by atoms with van der Waals surface area (Å²) in [6.45, 7) is 1.61. The number of aromatic nitrogens is 3. The number of nitrogens with one attached hydrogen (secondary N) is 1. The molecule has 0 bridgehead atoms. The predicted molar refractivity (Wildman–Crippen MR) is 77.2 cm³/mol. The molecule has 1 aromatic carbocycles. The number of amides is 1. The zero-order valence-corrected chi connectivity index (χ0v) is 11.1. The SMILES string of the molecule is O=C(Cn1ccc2ccccc21)NCCn1cccn1. The smallest absolute Gasteiger partial charge is 0.240 e. The van der Waals surface area contributed by atoms with Crippen LogP contribution in [0.2, 0.25) is 0 Å². The molecule has 5 nitrogen and oxygen atoms in total. The van der Waals surface area contributed by atoms with Crippen LogP contribution in [0.1, 0.15) is 0 Å². The van der Waals surface area contributed by atoms with Crippen molar-refractivity contribution in [2.45, 2.75) is 13.1 Å². The number of carbonyl (C=O) groups is 1. The summed E-state index contributed by atoms with van der Waals surface area (Å²) in [5.41, 5.74) is 1.08. The maximum Gasteiger partial charge on any atom is 0.240 e. The minimum Gasteiger partial charge on any atom is -0.353 e. The third-order valence-electron chi connectivity index (χ3n) is 3.22. The van der Waals surface area contributed by atoms with Gasteiger partial charge in [0.05, 0.1) is 6.54 Å². The van der Waals surface area contributed by atoms with Crippen LogP contribution in [0.15, 0.2) is 55.0 Å². The Morgan fingerprint density at radius 2 is 2.05 bits per heavy atom. The number of rotatable bonds is 5. The van der Waals surface area contributed by atoms with E-state index in [0.29, 0.717) is 19.6 Å². The van der Waals surface area contributed by atoms with Crippen molar-refractivity contribution in [2.75, 3.05) is 6.54 Å². The van der Waals surface area contributed by atoms with Crippen molar-refractivity contribution >= 4 is 16.8 Å². The van der Waals surface area contributed by atoms with Crippen molar-refractivity contribution in [2.24, 2.45) is 0 Å². The normalized spacial score (nSPS) is 10.8. The van der Waals surface area contributed by atoms with Crippen LogP contribution in [0, 0.1) is 0 Å². The van der Waals surface area contributed by atoms with Gasteiger partial charge in [-0.15, -0.1) is 0 Å². The lowest BCUT2D eigenvalue weighted by molar-refractivity contribution is -0.121. The third-order valence-corrected chi connectivity index (χ3v) is 3.22. The quantitative estimate of drug-likeness (QED) is 0.765. The van der Waals surface area contributed by atoms with Gasteiger partial charge in [0.1, 0.15) is 6.54 Å². The van der Waals surface area contributed by atoms with Gasteiger partial charge in [-0.25, -0.2) is 0 Å². The van der Waals surface area contributed by atoms with E-state index in [-0.39, 0.29) is 5.91 Å². The van der Waals surface area contributed by atoms with Gasteiger partial charge in [0.25, 0.3) is 0 Å². The summed E-state index contributed by atoms with van der Waals surface area (Å²) in [7, 11) is 0. The molecule has 2 heterocycles. The van der Waals surface area contributed by atoms with Crippen LogP contribution in [0.3, 0.4) is 0 Å². The summed E-state index contributed by atoms with van der Waals surface area (Å²) in [4.78, 5) is 11.9. The largest absolute Gasteiger partial charge is 0.353 e. The first kappa shape index (κ1) is 12.5. The second-order valence-corrected chi connectivity index (χ2v) is 4.62. The first-order chi connectivity index (χ1) is 9.83. The zero-order valence-electron chi connectivity index (χ0n) is 11.1. The van der Waals surface area contributed by atoms with Gasteiger partial charge in [0, 0.05) is 30.7 Å². The van der Waals surface area contributed by atoms with E-state index in [0.717, 1.165) is 10.9 Å².